The van der Waals surface area contributed by atoms with Crippen LogP contribution in [-0.2, 0) is 11.3 Å². The minimum atomic E-state index is -0.511. The van der Waals surface area contributed by atoms with Crippen molar-refractivity contribution in [3.8, 4) is 5.75 Å². The molecule has 0 aliphatic carbocycles. The van der Waals surface area contributed by atoms with E-state index in [1.807, 2.05) is 48.2 Å². The van der Waals surface area contributed by atoms with Crippen LogP contribution in [0.15, 0.2) is 54.6 Å². The third kappa shape index (κ3) is 5.09. The molecule has 1 aliphatic rings. The van der Waals surface area contributed by atoms with E-state index < -0.39 is 6.10 Å². The highest BCUT2D eigenvalue weighted by Crippen LogP contribution is 2.16. The minimum Gasteiger partial charge on any atom is -0.481 e. The van der Waals surface area contributed by atoms with Gasteiger partial charge in [-0.05, 0) is 50.9 Å². The molecule has 1 aliphatic heterocycles. The van der Waals surface area contributed by atoms with Gasteiger partial charge in [-0.3, -0.25) is 4.79 Å². The molecule has 1 fully saturated rings. The Hall–Kier alpha value is -2.33. The van der Waals surface area contributed by atoms with E-state index in [0.29, 0.717) is 12.6 Å². The van der Waals surface area contributed by atoms with Gasteiger partial charge in [0.25, 0.3) is 5.91 Å². The number of nitrogens with one attached hydrogen (secondary N) is 1. The zero-order valence-electron chi connectivity index (χ0n) is 15.7. The first-order valence-electron chi connectivity index (χ1n) is 9.41. The smallest absolute Gasteiger partial charge is 0.263 e. The monoisotopic (exact) mass is 352 g/mol. The van der Waals surface area contributed by atoms with Crippen molar-refractivity contribution in [2.45, 2.75) is 45.4 Å². The summed E-state index contributed by atoms with van der Waals surface area (Å²) in [7, 11) is 0. The van der Waals surface area contributed by atoms with E-state index in [-0.39, 0.29) is 5.91 Å². The molecule has 0 bridgehead atoms. The topological polar surface area (TPSA) is 41.6 Å². The third-order valence-corrected chi connectivity index (χ3v) is 4.77. The predicted octanol–water partition coefficient (Wildman–Crippen LogP) is 3.54. The van der Waals surface area contributed by atoms with E-state index in [1.54, 1.807) is 0 Å². The molecule has 0 radical (unpaired) electrons. The molecular formula is C22H28N2O2. The Morgan fingerprint density at radius 3 is 2.73 bits per heavy atom. The Kier molecular flexibility index (Phi) is 6.29. The van der Waals surface area contributed by atoms with Gasteiger partial charge in [0.15, 0.2) is 6.10 Å². The first-order valence-corrected chi connectivity index (χ1v) is 9.41. The van der Waals surface area contributed by atoms with Crippen molar-refractivity contribution in [3.63, 3.8) is 0 Å². The largest absolute Gasteiger partial charge is 0.481 e. The van der Waals surface area contributed by atoms with Crippen LogP contribution < -0.4 is 10.1 Å². The van der Waals surface area contributed by atoms with E-state index >= 15 is 0 Å². The van der Waals surface area contributed by atoms with Crippen LogP contribution in [0.4, 0.5) is 0 Å². The molecule has 2 aromatic rings. The van der Waals surface area contributed by atoms with Gasteiger partial charge in [-0.25, -0.2) is 0 Å². The summed E-state index contributed by atoms with van der Waals surface area (Å²) in [5, 5.41) is 3.49. The highest BCUT2D eigenvalue weighted by atomic mass is 16.5. The maximum atomic E-state index is 13.1. The van der Waals surface area contributed by atoms with Gasteiger partial charge >= 0.3 is 0 Å². The molecule has 2 atom stereocenters. The maximum Gasteiger partial charge on any atom is 0.263 e. The molecule has 0 saturated carbocycles. The van der Waals surface area contributed by atoms with Crippen molar-refractivity contribution < 1.29 is 9.53 Å². The van der Waals surface area contributed by atoms with Gasteiger partial charge in [0.1, 0.15) is 5.75 Å². The van der Waals surface area contributed by atoms with Crippen LogP contribution in [0.3, 0.4) is 0 Å². The molecule has 1 heterocycles. The SMILES string of the molecule is Cc1cccc(CN(CC2CCCN2)C(=O)C(C)Oc2ccccc2)c1. The molecule has 0 aromatic heterocycles. The maximum absolute atomic E-state index is 13.1. The molecule has 1 N–H and O–H groups in total. The van der Waals surface area contributed by atoms with Crippen molar-refractivity contribution in [1.82, 2.24) is 10.2 Å². The molecule has 4 nitrogen and oxygen atoms in total. The van der Waals surface area contributed by atoms with Crippen molar-refractivity contribution in [3.05, 3.63) is 65.7 Å². The average molecular weight is 352 g/mol. The molecule has 2 unspecified atom stereocenters. The number of carbonyl (C=O) groups is 1. The van der Waals surface area contributed by atoms with Crippen LogP contribution in [0, 0.1) is 6.92 Å². The first-order chi connectivity index (χ1) is 12.6. The summed E-state index contributed by atoms with van der Waals surface area (Å²) in [4.78, 5) is 15.0. The van der Waals surface area contributed by atoms with Crippen LogP contribution in [0.25, 0.3) is 0 Å². The lowest BCUT2D eigenvalue weighted by Gasteiger charge is -2.29. The fourth-order valence-corrected chi connectivity index (χ4v) is 3.45. The molecule has 1 saturated heterocycles. The lowest BCUT2D eigenvalue weighted by Crippen LogP contribution is -2.45. The van der Waals surface area contributed by atoms with Crippen LogP contribution in [0.5, 0.6) is 5.75 Å². The number of para-hydroxylation sites is 1. The number of benzene rings is 2. The number of hydrogen-bond donors (Lipinski definition) is 1. The van der Waals surface area contributed by atoms with Crippen LogP contribution in [0.1, 0.15) is 30.9 Å². The van der Waals surface area contributed by atoms with E-state index in [2.05, 4.69) is 30.4 Å². The number of ether oxygens (including phenoxy) is 1. The molecule has 26 heavy (non-hydrogen) atoms. The minimum absolute atomic E-state index is 0.0315. The van der Waals surface area contributed by atoms with Gasteiger partial charge < -0.3 is 15.0 Å². The summed E-state index contributed by atoms with van der Waals surface area (Å²) in [5.41, 5.74) is 2.37. The lowest BCUT2D eigenvalue weighted by molar-refractivity contribution is -0.139. The first kappa shape index (κ1) is 18.5. The van der Waals surface area contributed by atoms with E-state index in [0.717, 1.165) is 30.8 Å². The number of nitrogens with zero attached hydrogens (tertiary/aromatic N) is 1. The summed E-state index contributed by atoms with van der Waals surface area (Å²) >= 11 is 0. The molecule has 3 rings (SSSR count). The Morgan fingerprint density at radius 1 is 1.23 bits per heavy atom. The van der Waals surface area contributed by atoms with E-state index in [4.69, 9.17) is 4.74 Å². The van der Waals surface area contributed by atoms with Crippen LogP contribution in [0.2, 0.25) is 0 Å². The molecular weight excluding hydrogens is 324 g/mol. The van der Waals surface area contributed by atoms with Crippen LogP contribution in [-0.4, -0.2) is 36.0 Å². The highest BCUT2D eigenvalue weighted by Gasteiger charge is 2.26. The van der Waals surface area contributed by atoms with Gasteiger partial charge in [0.2, 0.25) is 0 Å². The number of rotatable bonds is 7. The number of carbonyl (C=O) groups excluding carboxylic acids is 1. The fraction of sp³-hybridized carbons (Fsp3) is 0.409. The third-order valence-electron chi connectivity index (χ3n) is 4.77. The molecule has 2 aromatic carbocycles. The predicted molar refractivity (Wildman–Crippen MR) is 104 cm³/mol. The molecule has 4 heteroatoms. The number of hydrogen-bond acceptors (Lipinski definition) is 3. The van der Waals surface area contributed by atoms with E-state index in [1.165, 1.54) is 12.0 Å². The zero-order chi connectivity index (χ0) is 18.4. The van der Waals surface area contributed by atoms with Crippen molar-refractivity contribution >= 4 is 5.91 Å². The molecule has 138 valence electrons. The van der Waals surface area contributed by atoms with Gasteiger partial charge in [0, 0.05) is 19.1 Å². The Bertz CT molecular complexity index is 711. The second-order valence-corrected chi connectivity index (χ2v) is 7.07. The van der Waals surface area contributed by atoms with Crippen LogP contribution >= 0.6 is 0 Å². The molecule has 1 amide bonds. The van der Waals surface area contributed by atoms with Gasteiger partial charge in [0.05, 0.1) is 0 Å². The second-order valence-electron chi connectivity index (χ2n) is 7.07. The van der Waals surface area contributed by atoms with Crippen molar-refractivity contribution in [1.29, 1.82) is 0 Å². The van der Waals surface area contributed by atoms with Crippen molar-refractivity contribution in [2.24, 2.45) is 0 Å². The fourth-order valence-electron chi connectivity index (χ4n) is 3.45. The zero-order valence-corrected chi connectivity index (χ0v) is 15.7. The summed E-state index contributed by atoms with van der Waals surface area (Å²) < 4.78 is 5.87. The lowest BCUT2D eigenvalue weighted by atomic mass is 10.1. The van der Waals surface area contributed by atoms with Crippen molar-refractivity contribution in [2.75, 3.05) is 13.1 Å². The van der Waals surface area contributed by atoms with Gasteiger partial charge in [-0.15, -0.1) is 0 Å². The number of amides is 1. The Morgan fingerprint density at radius 2 is 2.04 bits per heavy atom. The summed E-state index contributed by atoms with van der Waals surface area (Å²) in [6.07, 6.45) is 1.78. The quantitative estimate of drug-likeness (QED) is 0.829. The van der Waals surface area contributed by atoms with Gasteiger partial charge in [-0.2, -0.15) is 0 Å². The Labute approximate surface area is 156 Å². The van der Waals surface area contributed by atoms with E-state index in [9.17, 15) is 4.79 Å². The van der Waals surface area contributed by atoms with Gasteiger partial charge in [-0.1, -0.05) is 48.0 Å². The standard InChI is InChI=1S/C22H28N2O2/c1-17-8-6-9-19(14-17)15-24(16-20-10-7-13-23-20)22(25)18(2)26-21-11-4-3-5-12-21/h3-6,8-9,11-12,14,18,20,23H,7,10,13,15-16H2,1-2H3. The second kappa shape index (κ2) is 8.86. The summed E-state index contributed by atoms with van der Waals surface area (Å²) in [6.45, 7) is 6.28. The Balaban J connectivity index is 1.71. The molecule has 0 spiro atoms. The highest BCUT2D eigenvalue weighted by molar-refractivity contribution is 5.81. The summed E-state index contributed by atoms with van der Waals surface area (Å²) in [6, 6.07) is 18.3. The average Bonchev–Trinajstić information content (AvgIpc) is 3.14. The summed E-state index contributed by atoms with van der Waals surface area (Å²) in [5.74, 6) is 0.756. The number of aryl methyl sites for hydroxylation is 1. The normalized spacial score (nSPS) is 17.7.